The number of aromatic nitrogens is 2. The maximum absolute atomic E-state index is 6.37. The summed E-state index contributed by atoms with van der Waals surface area (Å²) in [5, 5.41) is 8.84. The summed E-state index contributed by atoms with van der Waals surface area (Å²) in [7, 11) is 0. The molecule has 19 heavy (non-hydrogen) atoms. The third-order valence-corrected chi connectivity index (χ3v) is 4.18. The van der Waals surface area contributed by atoms with E-state index in [1.54, 1.807) is 0 Å². The van der Waals surface area contributed by atoms with Gasteiger partial charge in [-0.05, 0) is 38.6 Å². The van der Waals surface area contributed by atoms with Crippen molar-refractivity contribution in [2.45, 2.75) is 46.2 Å². The molecule has 1 aliphatic heterocycles. The van der Waals surface area contributed by atoms with Crippen molar-refractivity contribution in [1.29, 1.82) is 0 Å². The van der Waals surface area contributed by atoms with E-state index >= 15 is 0 Å². The smallest absolute Gasteiger partial charge is 0.0863 e. The summed E-state index contributed by atoms with van der Waals surface area (Å²) < 4.78 is 7.39. The zero-order chi connectivity index (χ0) is 13.7. The lowest BCUT2D eigenvalue weighted by molar-refractivity contribution is 0.184. The van der Waals surface area contributed by atoms with Crippen LogP contribution in [0.4, 0.5) is 0 Å². The van der Waals surface area contributed by atoms with Crippen LogP contribution in [0.2, 0.25) is 5.02 Å². The molecule has 0 radical (unpaired) electrons. The molecule has 2 heterocycles. The van der Waals surface area contributed by atoms with Crippen LogP contribution < -0.4 is 5.32 Å². The Bertz CT molecular complexity index is 400. The number of halogens is 1. The van der Waals surface area contributed by atoms with Crippen molar-refractivity contribution in [2.75, 3.05) is 19.8 Å². The van der Waals surface area contributed by atoms with Gasteiger partial charge in [0.1, 0.15) is 0 Å². The molecule has 0 aliphatic carbocycles. The first kappa shape index (κ1) is 14.8. The van der Waals surface area contributed by atoms with Crippen molar-refractivity contribution in [3.63, 3.8) is 0 Å². The quantitative estimate of drug-likeness (QED) is 0.783. The molecule has 1 atom stereocenters. The minimum absolute atomic E-state index is 0.727. The van der Waals surface area contributed by atoms with Crippen LogP contribution >= 0.6 is 11.6 Å². The van der Waals surface area contributed by atoms with Crippen molar-refractivity contribution in [1.82, 2.24) is 15.1 Å². The highest BCUT2D eigenvalue weighted by Gasteiger charge is 2.16. The second kappa shape index (κ2) is 7.27. The van der Waals surface area contributed by atoms with Gasteiger partial charge >= 0.3 is 0 Å². The van der Waals surface area contributed by atoms with Gasteiger partial charge < -0.3 is 10.1 Å². The van der Waals surface area contributed by atoms with E-state index in [2.05, 4.69) is 24.3 Å². The van der Waals surface area contributed by atoms with E-state index in [1.165, 1.54) is 12.8 Å². The molecule has 5 heteroatoms. The van der Waals surface area contributed by atoms with E-state index < -0.39 is 0 Å². The fourth-order valence-electron chi connectivity index (χ4n) is 2.51. The molecule has 1 unspecified atom stereocenters. The predicted octanol–water partition coefficient (Wildman–Crippen LogP) is 2.64. The Kier molecular flexibility index (Phi) is 5.67. The van der Waals surface area contributed by atoms with Gasteiger partial charge in [0.25, 0.3) is 0 Å². The second-order valence-corrected chi connectivity index (χ2v) is 5.45. The summed E-state index contributed by atoms with van der Waals surface area (Å²) in [4.78, 5) is 0. The van der Waals surface area contributed by atoms with E-state index in [-0.39, 0.29) is 0 Å². The average Bonchev–Trinajstić information content (AvgIpc) is 3.03. The van der Waals surface area contributed by atoms with Crippen LogP contribution in [0.25, 0.3) is 0 Å². The van der Waals surface area contributed by atoms with Crippen LogP contribution in [-0.4, -0.2) is 29.5 Å². The molecule has 1 saturated heterocycles. The number of nitrogens with zero attached hydrogens (tertiary/aromatic N) is 2. The molecule has 1 fully saturated rings. The van der Waals surface area contributed by atoms with Crippen molar-refractivity contribution in [3.05, 3.63) is 16.4 Å². The van der Waals surface area contributed by atoms with Gasteiger partial charge in [0.2, 0.25) is 0 Å². The highest BCUT2D eigenvalue weighted by atomic mass is 35.5. The van der Waals surface area contributed by atoms with Crippen molar-refractivity contribution < 1.29 is 4.74 Å². The Morgan fingerprint density at radius 2 is 2.32 bits per heavy atom. The molecule has 108 valence electrons. The standard InChI is InChI=1S/C14H24ClN3O/c1-3-12-14(15)13(18(4-2)17-12)9-16-7-5-11-6-8-19-10-11/h11,16H,3-10H2,1-2H3. The van der Waals surface area contributed by atoms with Gasteiger partial charge in [-0.1, -0.05) is 18.5 Å². The van der Waals surface area contributed by atoms with Crippen LogP contribution in [-0.2, 0) is 24.2 Å². The summed E-state index contributed by atoms with van der Waals surface area (Å²) in [6, 6.07) is 0. The lowest BCUT2D eigenvalue weighted by Crippen LogP contribution is -2.20. The maximum Gasteiger partial charge on any atom is 0.0863 e. The summed E-state index contributed by atoms with van der Waals surface area (Å²) in [6.07, 6.45) is 3.27. The summed E-state index contributed by atoms with van der Waals surface area (Å²) in [5.41, 5.74) is 2.12. The molecule has 1 N–H and O–H groups in total. The number of rotatable bonds is 7. The van der Waals surface area contributed by atoms with Gasteiger partial charge in [0.15, 0.2) is 0 Å². The molecule has 2 rings (SSSR count). The van der Waals surface area contributed by atoms with E-state index in [4.69, 9.17) is 16.3 Å². The Morgan fingerprint density at radius 1 is 1.47 bits per heavy atom. The van der Waals surface area contributed by atoms with Crippen LogP contribution in [0.3, 0.4) is 0 Å². The third-order valence-electron chi connectivity index (χ3n) is 3.74. The third kappa shape index (κ3) is 3.71. The maximum atomic E-state index is 6.37. The molecule has 4 nitrogen and oxygen atoms in total. The lowest BCUT2D eigenvalue weighted by atomic mass is 10.1. The molecule has 1 aromatic rings. The first-order chi connectivity index (χ1) is 9.26. The molecule has 0 aromatic carbocycles. The van der Waals surface area contributed by atoms with Gasteiger partial charge in [0.05, 0.1) is 16.4 Å². The fourth-order valence-corrected chi connectivity index (χ4v) is 2.85. The minimum Gasteiger partial charge on any atom is -0.381 e. The monoisotopic (exact) mass is 285 g/mol. The van der Waals surface area contributed by atoms with Gasteiger partial charge in [-0.2, -0.15) is 5.10 Å². The molecular formula is C14H24ClN3O. The number of hydrogen-bond donors (Lipinski definition) is 1. The van der Waals surface area contributed by atoms with Crippen LogP contribution in [0.1, 0.15) is 38.1 Å². The summed E-state index contributed by atoms with van der Waals surface area (Å²) in [6.45, 7) is 8.73. The second-order valence-electron chi connectivity index (χ2n) is 5.07. The van der Waals surface area contributed by atoms with E-state index in [9.17, 15) is 0 Å². The molecule has 0 bridgehead atoms. The topological polar surface area (TPSA) is 39.1 Å². The first-order valence-corrected chi connectivity index (χ1v) is 7.66. The number of nitrogens with one attached hydrogen (secondary N) is 1. The first-order valence-electron chi connectivity index (χ1n) is 7.28. The Labute approximate surface area is 120 Å². The number of ether oxygens (including phenoxy) is 1. The van der Waals surface area contributed by atoms with Crippen LogP contribution in [0.5, 0.6) is 0 Å². The van der Waals surface area contributed by atoms with Gasteiger partial charge in [0, 0.05) is 26.3 Å². The van der Waals surface area contributed by atoms with Crippen molar-refractivity contribution in [3.8, 4) is 0 Å². The largest absolute Gasteiger partial charge is 0.381 e. The van der Waals surface area contributed by atoms with Gasteiger partial charge in [-0.15, -0.1) is 0 Å². The highest BCUT2D eigenvalue weighted by Crippen LogP contribution is 2.21. The molecule has 0 spiro atoms. The van der Waals surface area contributed by atoms with Crippen LogP contribution in [0.15, 0.2) is 0 Å². The molecule has 1 aliphatic rings. The van der Waals surface area contributed by atoms with E-state index in [1.807, 2.05) is 4.68 Å². The predicted molar refractivity (Wildman–Crippen MR) is 77.5 cm³/mol. The molecular weight excluding hydrogens is 262 g/mol. The molecule has 0 saturated carbocycles. The molecule has 1 aromatic heterocycles. The zero-order valence-corrected chi connectivity index (χ0v) is 12.7. The lowest BCUT2D eigenvalue weighted by Gasteiger charge is -2.10. The van der Waals surface area contributed by atoms with E-state index in [0.29, 0.717) is 0 Å². The molecule has 0 amide bonds. The van der Waals surface area contributed by atoms with Crippen molar-refractivity contribution in [2.24, 2.45) is 5.92 Å². The minimum atomic E-state index is 0.727. The van der Waals surface area contributed by atoms with Gasteiger partial charge in [-0.25, -0.2) is 0 Å². The average molecular weight is 286 g/mol. The van der Waals surface area contributed by atoms with Crippen LogP contribution in [0, 0.1) is 5.92 Å². The highest BCUT2D eigenvalue weighted by molar-refractivity contribution is 6.31. The van der Waals surface area contributed by atoms with E-state index in [0.717, 1.165) is 61.6 Å². The Balaban J connectivity index is 1.82. The Hall–Kier alpha value is -0.580. The fraction of sp³-hybridized carbons (Fsp3) is 0.786. The summed E-state index contributed by atoms with van der Waals surface area (Å²) in [5.74, 6) is 0.727. The zero-order valence-electron chi connectivity index (χ0n) is 11.9. The number of hydrogen-bond acceptors (Lipinski definition) is 3. The number of aryl methyl sites for hydroxylation is 2. The SMILES string of the molecule is CCc1nn(CC)c(CNCCC2CCOC2)c1Cl. The van der Waals surface area contributed by atoms with Crippen molar-refractivity contribution >= 4 is 11.6 Å². The van der Waals surface area contributed by atoms with Gasteiger partial charge in [-0.3, -0.25) is 4.68 Å². The summed E-state index contributed by atoms with van der Waals surface area (Å²) >= 11 is 6.37. The normalized spacial score (nSPS) is 19.2. The Morgan fingerprint density at radius 3 is 2.95 bits per heavy atom.